The van der Waals surface area contributed by atoms with Crippen LogP contribution >= 0.6 is 0 Å². The van der Waals surface area contributed by atoms with E-state index in [1.165, 1.54) is 96.3 Å². The van der Waals surface area contributed by atoms with Crippen LogP contribution in [0.4, 0.5) is 0 Å². The van der Waals surface area contributed by atoms with Gasteiger partial charge in [0.15, 0.2) is 0 Å². The molecule has 32 heavy (non-hydrogen) atoms. The van der Waals surface area contributed by atoms with Gasteiger partial charge in [-0.3, -0.25) is 0 Å². The molecule has 1 nitrogen and oxygen atoms in total. The zero-order valence-corrected chi connectivity index (χ0v) is 21.0. The van der Waals surface area contributed by atoms with Crippen LogP contribution in [0.2, 0.25) is 0 Å². The SMILES string of the molecule is CCCCCCC1CCC(C2CCC(C#Cc3ccc(OCCCCC)cc3)CC2)CC1. The zero-order valence-electron chi connectivity index (χ0n) is 21.0. The summed E-state index contributed by atoms with van der Waals surface area (Å²) in [5.41, 5.74) is 1.13. The van der Waals surface area contributed by atoms with Crippen molar-refractivity contribution in [1.82, 2.24) is 0 Å². The van der Waals surface area contributed by atoms with Crippen molar-refractivity contribution in [3.05, 3.63) is 29.8 Å². The predicted octanol–water partition coefficient (Wildman–Crippen LogP) is 9.19. The molecule has 0 bridgehead atoms. The standard InChI is InChI=1S/C31H48O/c1-3-5-7-8-10-26-13-19-29(20-14-26)30-21-15-27(16-22-30)11-12-28-17-23-31(24-18-28)32-25-9-6-4-2/h17-18,23-24,26-27,29-30H,3-10,13-16,19-22,25H2,1-2H3. The smallest absolute Gasteiger partial charge is 0.119 e. The van der Waals surface area contributed by atoms with Crippen molar-refractivity contribution in [3.8, 4) is 17.6 Å². The van der Waals surface area contributed by atoms with Gasteiger partial charge in [-0.05, 0) is 87.0 Å². The highest BCUT2D eigenvalue weighted by Crippen LogP contribution is 2.42. The van der Waals surface area contributed by atoms with Crippen molar-refractivity contribution in [2.24, 2.45) is 23.7 Å². The maximum Gasteiger partial charge on any atom is 0.119 e. The van der Waals surface area contributed by atoms with E-state index in [4.69, 9.17) is 4.74 Å². The lowest BCUT2D eigenvalue weighted by Gasteiger charge is -2.37. The molecule has 1 heteroatoms. The first-order valence-corrected chi connectivity index (χ1v) is 14.0. The first kappa shape index (κ1) is 25.2. The first-order chi connectivity index (χ1) is 15.8. The van der Waals surface area contributed by atoms with Gasteiger partial charge in [0.1, 0.15) is 5.75 Å². The van der Waals surface area contributed by atoms with E-state index in [-0.39, 0.29) is 0 Å². The van der Waals surface area contributed by atoms with Crippen LogP contribution in [0.5, 0.6) is 5.75 Å². The van der Waals surface area contributed by atoms with E-state index in [1.807, 2.05) is 0 Å². The van der Waals surface area contributed by atoms with E-state index < -0.39 is 0 Å². The Labute approximate surface area is 199 Å². The van der Waals surface area contributed by atoms with Crippen molar-refractivity contribution < 1.29 is 4.74 Å². The van der Waals surface area contributed by atoms with E-state index in [0.29, 0.717) is 5.92 Å². The zero-order chi connectivity index (χ0) is 22.4. The van der Waals surface area contributed by atoms with Gasteiger partial charge in [-0.2, -0.15) is 0 Å². The highest BCUT2D eigenvalue weighted by molar-refractivity contribution is 5.38. The van der Waals surface area contributed by atoms with Crippen molar-refractivity contribution >= 4 is 0 Å². The molecule has 2 aliphatic carbocycles. The molecule has 1 aromatic rings. The molecule has 0 aliphatic heterocycles. The minimum Gasteiger partial charge on any atom is -0.494 e. The van der Waals surface area contributed by atoms with Gasteiger partial charge in [0, 0.05) is 11.5 Å². The number of rotatable bonds is 11. The third-order valence-corrected chi connectivity index (χ3v) is 8.09. The van der Waals surface area contributed by atoms with Gasteiger partial charge in [0.2, 0.25) is 0 Å². The van der Waals surface area contributed by atoms with E-state index in [9.17, 15) is 0 Å². The summed E-state index contributed by atoms with van der Waals surface area (Å²) in [5.74, 6) is 11.6. The molecule has 0 radical (unpaired) electrons. The second-order valence-electron chi connectivity index (χ2n) is 10.6. The van der Waals surface area contributed by atoms with Gasteiger partial charge < -0.3 is 4.74 Å². The average Bonchev–Trinajstić information content (AvgIpc) is 2.85. The molecule has 2 fully saturated rings. The lowest BCUT2D eigenvalue weighted by Crippen LogP contribution is -2.25. The predicted molar refractivity (Wildman–Crippen MR) is 138 cm³/mol. The Balaban J connectivity index is 1.33. The second-order valence-corrected chi connectivity index (χ2v) is 10.6. The van der Waals surface area contributed by atoms with Gasteiger partial charge >= 0.3 is 0 Å². The number of hydrogen-bond acceptors (Lipinski definition) is 1. The van der Waals surface area contributed by atoms with Crippen LogP contribution in [0.1, 0.15) is 122 Å². The molecule has 0 heterocycles. The Morgan fingerprint density at radius 1 is 0.719 bits per heavy atom. The molecular weight excluding hydrogens is 388 g/mol. The van der Waals surface area contributed by atoms with Crippen molar-refractivity contribution in [2.75, 3.05) is 6.61 Å². The molecule has 178 valence electrons. The van der Waals surface area contributed by atoms with Crippen LogP contribution in [0, 0.1) is 35.5 Å². The molecular formula is C31H48O. The highest BCUT2D eigenvalue weighted by atomic mass is 16.5. The Bertz CT molecular complexity index is 663. The molecule has 0 N–H and O–H groups in total. The van der Waals surface area contributed by atoms with E-state index in [1.54, 1.807) is 0 Å². The van der Waals surface area contributed by atoms with Gasteiger partial charge in [0.25, 0.3) is 0 Å². The molecule has 0 spiro atoms. The monoisotopic (exact) mass is 436 g/mol. The summed E-state index contributed by atoms with van der Waals surface area (Å²) in [6, 6.07) is 8.39. The van der Waals surface area contributed by atoms with E-state index in [0.717, 1.165) is 42.1 Å². The fourth-order valence-electron chi connectivity index (χ4n) is 5.91. The van der Waals surface area contributed by atoms with Crippen LogP contribution in [-0.4, -0.2) is 6.61 Å². The van der Waals surface area contributed by atoms with E-state index in [2.05, 4.69) is 50.0 Å². The van der Waals surface area contributed by atoms with Crippen LogP contribution in [0.25, 0.3) is 0 Å². The van der Waals surface area contributed by atoms with Crippen molar-refractivity contribution in [2.45, 2.75) is 117 Å². The fourth-order valence-corrected chi connectivity index (χ4v) is 5.91. The normalized spacial score (nSPS) is 25.7. The second kappa shape index (κ2) is 14.7. The quantitative estimate of drug-likeness (QED) is 0.248. The van der Waals surface area contributed by atoms with Gasteiger partial charge in [-0.15, -0.1) is 0 Å². The number of unbranched alkanes of at least 4 members (excludes halogenated alkanes) is 5. The minimum absolute atomic E-state index is 0.603. The van der Waals surface area contributed by atoms with Crippen LogP contribution in [0.3, 0.4) is 0 Å². The van der Waals surface area contributed by atoms with Crippen molar-refractivity contribution in [1.29, 1.82) is 0 Å². The lowest BCUT2D eigenvalue weighted by atomic mass is 9.69. The molecule has 0 unspecified atom stereocenters. The van der Waals surface area contributed by atoms with Crippen LogP contribution in [0.15, 0.2) is 24.3 Å². The average molecular weight is 437 g/mol. The molecule has 0 atom stereocenters. The third-order valence-electron chi connectivity index (χ3n) is 8.09. The summed E-state index contributed by atoms with van der Waals surface area (Å²) >= 11 is 0. The molecule has 0 saturated heterocycles. The number of benzene rings is 1. The van der Waals surface area contributed by atoms with Crippen molar-refractivity contribution in [3.63, 3.8) is 0 Å². The number of hydrogen-bond donors (Lipinski definition) is 0. The summed E-state index contributed by atoms with van der Waals surface area (Å²) in [5, 5.41) is 0. The minimum atomic E-state index is 0.603. The molecule has 0 amide bonds. The fraction of sp³-hybridized carbons (Fsp3) is 0.742. The third kappa shape index (κ3) is 8.84. The summed E-state index contributed by atoms with van der Waals surface area (Å²) in [6.07, 6.45) is 22.3. The highest BCUT2D eigenvalue weighted by Gasteiger charge is 2.30. The Hall–Kier alpha value is -1.42. The molecule has 1 aromatic carbocycles. The summed E-state index contributed by atoms with van der Waals surface area (Å²) in [4.78, 5) is 0. The largest absolute Gasteiger partial charge is 0.494 e. The summed E-state index contributed by atoms with van der Waals surface area (Å²) < 4.78 is 5.81. The molecule has 2 saturated carbocycles. The lowest BCUT2D eigenvalue weighted by molar-refractivity contribution is 0.153. The number of ether oxygens (including phenoxy) is 1. The molecule has 3 rings (SSSR count). The van der Waals surface area contributed by atoms with Crippen LogP contribution in [-0.2, 0) is 0 Å². The molecule has 2 aliphatic rings. The maximum atomic E-state index is 5.81. The Kier molecular flexibility index (Phi) is 11.6. The summed E-state index contributed by atoms with van der Waals surface area (Å²) in [7, 11) is 0. The van der Waals surface area contributed by atoms with Gasteiger partial charge in [-0.1, -0.05) is 83.5 Å². The summed E-state index contributed by atoms with van der Waals surface area (Å²) in [6.45, 7) is 5.36. The first-order valence-electron chi connectivity index (χ1n) is 14.0. The maximum absolute atomic E-state index is 5.81. The molecule has 0 aromatic heterocycles. The topological polar surface area (TPSA) is 9.23 Å². The van der Waals surface area contributed by atoms with Gasteiger partial charge in [0.05, 0.1) is 6.61 Å². The Morgan fingerprint density at radius 3 is 2.00 bits per heavy atom. The van der Waals surface area contributed by atoms with Gasteiger partial charge in [-0.25, -0.2) is 0 Å². The van der Waals surface area contributed by atoms with Crippen LogP contribution < -0.4 is 4.74 Å². The van der Waals surface area contributed by atoms with E-state index >= 15 is 0 Å². The Morgan fingerprint density at radius 2 is 1.34 bits per heavy atom.